The van der Waals surface area contributed by atoms with Gasteiger partial charge < -0.3 is 5.73 Å². The highest BCUT2D eigenvalue weighted by Crippen LogP contribution is 2.27. The summed E-state index contributed by atoms with van der Waals surface area (Å²) in [6.45, 7) is 1.53. The molecule has 2 N–H and O–H groups in total. The number of aryl methyl sites for hydroxylation is 1. The van der Waals surface area contributed by atoms with Crippen LogP contribution in [0.4, 0.5) is 10.2 Å². The fourth-order valence-corrected chi connectivity index (χ4v) is 2.43. The maximum absolute atomic E-state index is 13.3. The molecule has 0 aliphatic heterocycles. The standard InChI is InChI=1S/C10H7Br2FN4/c1-4-7(13)9(14)17-10(16-4)8-6(12)2-5(11)3-15-8/h2-3H,1H3,(H2,14,16,17). The summed E-state index contributed by atoms with van der Waals surface area (Å²) in [6, 6.07) is 1.81. The van der Waals surface area contributed by atoms with E-state index in [9.17, 15) is 4.39 Å². The van der Waals surface area contributed by atoms with Crippen molar-refractivity contribution in [2.24, 2.45) is 0 Å². The minimum Gasteiger partial charge on any atom is -0.381 e. The van der Waals surface area contributed by atoms with E-state index in [1.54, 1.807) is 12.3 Å². The van der Waals surface area contributed by atoms with Gasteiger partial charge in [0.05, 0.1) is 5.69 Å². The zero-order chi connectivity index (χ0) is 12.6. The van der Waals surface area contributed by atoms with E-state index in [4.69, 9.17) is 5.73 Å². The molecule has 0 saturated carbocycles. The fourth-order valence-electron chi connectivity index (χ4n) is 1.27. The number of hydrogen-bond acceptors (Lipinski definition) is 4. The quantitative estimate of drug-likeness (QED) is 0.847. The Hall–Kier alpha value is -1.08. The summed E-state index contributed by atoms with van der Waals surface area (Å²) in [5, 5.41) is 0. The normalized spacial score (nSPS) is 10.6. The highest BCUT2D eigenvalue weighted by molar-refractivity contribution is 9.11. The van der Waals surface area contributed by atoms with Crippen molar-refractivity contribution in [2.45, 2.75) is 6.92 Å². The number of nitrogens with zero attached hydrogens (tertiary/aromatic N) is 3. The van der Waals surface area contributed by atoms with Gasteiger partial charge in [-0.2, -0.15) is 0 Å². The third-order valence-electron chi connectivity index (χ3n) is 2.06. The molecule has 0 saturated heterocycles. The van der Waals surface area contributed by atoms with E-state index in [2.05, 4.69) is 46.8 Å². The molecule has 2 heterocycles. The second-order valence-corrected chi connectivity index (χ2v) is 5.09. The van der Waals surface area contributed by atoms with Crippen LogP contribution >= 0.6 is 31.9 Å². The summed E-state index contributed by atoms with van der Waals surface area (Å²) < 4.78 is 14.8. The van der Waals surface area contributed by atoms with E-state index < -0.39 is 5.82 Å². The molecule has 2 rings (SSSR count). The van der Waals surface area contributed by atoms with Gasteiger partial charge in [-0.05, 0) is 44.8 Å². The van der Waals surface area contributed by atoms with Gasteiger partial charge in [0.1, 0.15) is 5.69 Å². The monoisotopic (exact) mass is 360 g/mol. The number of anilines is 1. The molecule has 2 aromatic rings. The first kappa shape index (κ1) is 12.4. The van der Waals surface area contributed by atoms with Crippen LogP contribution in [0.5, 0.6) is 0 Å². The lowest BCUT2D eigenvalue weighted by molar-refractivity contribution is 0.608. The zero-order valence-corrected chi connectivity index (χ0v) is 11.9. The van der Waals surface area contributed by atoms with Crippen LogP contribution in [-0.2, 0) is 0 Å². The molecule has 0 unspecified atom stereocenters. The molecule has 4 nitrogen and oxygen atoms in total. The smallest absolute Gasteiger partial charge is 0.186 e. The van der Waals surface area contributed by atoms with Gasteiger partial charge in [0.2, 0.25) is 0 Å². The van der Waals surface area contributed by atoms with Crippen molar-refractivity contribution in [3.05, 3.63) is 32.7 Å². The molecule has 0 radical (unpaired) electrons. The molecule has 0 fully saturated rings. The number of aromatic nitrogens is 3. The van der Waals surface area contributed by atoms with E-state index in [1.165, 1.54) is 6.92 Å². The lowest BCUT2D eigenvalue weighted by atomic mass is 10.3. The minimum absolute atomic E-state index is 0.177. The number of pyridine rings is 1. The van der Waals surface area contributed by atoms with Crippen LogP contribution in [0.1, 0.15) is 5.69 Å². The van der Waals surface area contributed by atoms with Crippen LogP contribution in [0.25, 0.3) is 11.5 Å². The molecule has 0 atom stereocenters. The Kier molecular flexibility index (Phi) is 3.39. The van der Waals surface area contributed by atoms with Crippen molar-refractivity contribution in [1.82, 2.24) is 15.0 Å². The fraction of sp³-hybridized carbons (Fsp3) is 0.100. The van der Waals surface area contributed by atoms with E-state index in [1.807, 2.05) is 0 Å². The summed E-state index contributed by atoms with van der Waals surface area (Å²) in [7, 11) is 0. The first-order valence-corrected chi connectivity index (χ1v) is 6.18. The van der Waals surface area contributed by atoms with Crippen LogP contribution in [0.3, 0.4) is 0 Å². The first-order chi connectivity index (χ1) is 7.99. The van der Waals surface area contributed by atoms with Gasteiger partial charge in [0.25, 0.3) is 0 Å². The van der Waals surface area contributed by atoms with Crippen LogP contribution in [0, 0.1) is 12.7 Å². The minimum atomic E-state index is -0.595. The van der Waals surface area contributed by atoms with Gasteiger partial charge in [-0.1, -0.05) is 0 Å². The molecule has 17 heavy (non-hydrogen) atoms. The van der Waals surface area contributed by atoms with E-state index in [0.717, 1.165) is 4.47 Å². The highest BCUT2D eigenvalue weighted by Gasteiger charge is 2.13. The molecule has 0 amide bonds. The second kappa shape index (κ2) is 4.66. The largest absolute Gasteiger partial charge is 0.381 e. The van der Waals surface area contributed by atoms with E-state index in [0.29, 0.717) is 16.0 Å². The zero-order valence-electron chi connectivity index (χ0n) is 8.71. The van der Waals surface area contributed by atoms with Crippen molar-refractivity contribution >= 4 is 37.7 Å². The Labute approximate surface area is 114 Å². The van der Waals surface area contributed by atoms with Crippen molar-refractivity contribution in [3.8, 4) is 11.5 Å². The summed E-state index contributed by atoms with van der Waals surface area (Å²) >= 11 is 6.64. The number of nitrogen functional groups attached to an aromatic ring is 1. The van der Waals surface area contributed by atoms with Gasteiger partial charge in [-0.15, -0.1) is 0 Å². The van der Waals surface area contributed by atoms with Gasteiger partial charge in [0.15, 0.2) is 17.5 Å². The average Bonchev–Trinajstić information content (AvgIpc) is 2.25. The number of nitrogens with two attached hydrogens (primary N) is 1. The van der Waals surface area contributed by atoms with Crippen molar-refractivity contribution < 1.29 is 4.39 Å². The van der Waals surface area contributed by atoms with E-state index in [-0.39, 0.29) is 11.5 Å². The second-order valence-electron chi connectivity index (χ2n) is 3.32. The van der Waals surface area contributed by atoms with Gasteiger partial charge in [0, 0.05) is 15.1 Å². The number of hydrogen-bond donors (Lipinski definition) is 1. The molecule has 2 aromatic heterocycles. The maximum atomic E-state index is 13.3. The Bertz CT molecular complexity index is 566. The van der Waals surface area contributed by atoms with Crippen molar-refractivity contribution in [3.63, 3.8) is 0 Å². The SMILES string of the molecule is Cc1nc(-c2ncc(Br)cc2Br)nc(N)c1F. The topological polar surface area (TPSA) is 64.7 Å². The third kappa shape index (κ3) is 2.44. The first-order valence-electron chi connectivity index (χ1n) is 4.60. The van der Waals surface area contributed by atoms with Crippen molar-refractivity contribution in [1.29, 1.82) is 0 Å². The molecular weight excluding hydrogens is 355 g/mol. The molecule has 88 valence electrons. The molecule has 0 spiro atoms. The van der Waals surface area contributed by atoms with Gasteiger partial charge in [-0.3, -0.25) is 4.98 Å². The molecular formula is C10H7Br2FN4. The molecule has 0 aliphatic carbocycles. The summed E-state index contributed by atoms with van der Waals surface area (Å²) in [4.78, 5) is 12.1. The molecule has 0 aromatic carbocycles. The van der Waals surface area contributed by atoms with Crippen LogP contribution < -0.4 is 5.73 Å². The number of halogens is 3. The van der Waals surface area contributed by atoms with Crippen LogP contribution in [-0.4, -0.2) is 15.0 Å². The lowest BCUT2D eigenvalue weighted by Gasteiger charge is -2.06. The van der Waals surface area contributed by atoms with Crippen molar-refractivity contribution in [2.75, 3.05) is 5.73 Å². The Morgan fingerprint density at radius 3 is 2.59 bits per heavy atom. The Balaban J connectivity index is 2.61. The predicted octanol–water partition coefficient (Wildman–Crippen LogP) is 3.09. The van der Waals surface area contributed by atoms with Gasteiger partial charge in [-0.25, -0.2) is 14.4 Å². The Morgan fingerprint density at radius 1 is 1.29 bits per heavy atom. The summed E-state index contributed by atoms with van der Waals surface area (Å²) in [5.41, 5.74) is 6.18. The predicted molar refractivity (Wildman–Crippen MR) is 69.8 cm³/mol. The van der Waals surface area contributed by atoms with Crippen LogP contribution in [0.2, 0.25) is 0 Å². The highest BCUT2D eigenvalue weighted by atomic mass is 79.9. The maximum Gasteiger partial charge on any atom is 0.186 e. The molecule has 0 aliphatic rings. The van der Waals surface area contributed by atoms with Gasteiger partial charge >= 0.3 is 0 Å². The average molecular weight is 362 g/mol. The third-order valence-corrected chi connectivity index (χ3v) is 3.10. The Morgan fingerprint density at radius 2 is 2.00 bits per heavy atom. The van der Waals surface area contributed by atoms with Crippen LogP contribution in [0.15, 0.2) is 21.2 Å². The lowest BCUT2D eigenvalue weighted by Crippen LogP contribution is -2.04. The number of rotatable bonds is 1. The summed E-state index contributed by atoms with van der Waals surface area (Å²) in [5.74, 6) is -0.480. The van der Waals surface area contributed by atoms with E-state index >= 15 is 0 Å². The summed E-state index contributed by atoms with van der Waals surface area (Å²) in [6.07, 6.45) is 1.61. The molecule has 7 heteroatoms. The molecule has 0 bridgehead atoms.